The number of nitrogens with zero attached hydrogens (tertiary/aromatic N) is 1. The first-order chi connectivity index (χ1) is 14.5. The zero-order valence-corrected chi connectivity index (χ0v) is 17.4. The van der Waals surface area contributed by atoms with Crippen LogP contribution in [0.15, 0.2) is 36.4 Å². The van der Waals surface area contributed by atoms with E-state index in [1.807, 2.05) is 13.0 Å². The van der Waals surface area contributed by atoms with E-state index in [4.69, 9.17) is 9.47 Å². The minimum atomic E-state index is -0.250. The van der Waals surface area contributed by atoms with Crippen LogP contribution in [0.4, 0.5) is 11.4 Å². The summed E-state index contributed by atoms with van der Waals surface area (Å²) in [5.41, 5.74) is 2.69. The van der Waals surface area contributed by atoms with Crippen molar-refractivity contribution in [1.82, 2.24) is 4.90 Å². The highest BCUT2D eigenvalue weighted by molar-refractivity contribution is 6.05. The summed E-state index contributed by atoms with van der Waals surface area (Å²) < 4.78 is 11.1. The molecule has 2 aliphatic heterocycles. The van der Waals surface area contributed by atoms with E-state index in [0.717, 1.165) is 25.1 Å². The van der Waals surface area contributed by atoms with Crippen molar-refractivity contribution in [3.8, 4) is 11.5 Å². The number of aryl methyl sites for hydroxylation is 1. The molecule has 0 aromatic heterocycles. The number of anilines is 2. The zero-order chi connectivity index (χ0) is 21.1. The topological polar surface area (TPSA) is 79.9 Å². The third-order valence-electron chi connectivity index (χ3n) is 5.54. The highest BCUT2D eigenvalue weighted by Crippen LogP contribution is 2.32. The Balaban J connectivity index is 1.41. The van der Waals surface area contributed by atoms with Crippen molar-refractivity contribution in [3.63, 3.8) is 0 Å². The Hall–Kier alpha value is -3.06. The molecule has 0 saturated carbocycles. The average Bonchev–Trinajstić information content (AvgIpc) is 3.14. The Morgan fingerprint density at radius 3 is 2.63 bits per heavy atom. The first-order valence-corrected chi connectivity index (χ1v) is 10.3. The summed E-state index contributed by atoms with van der Waals surface area (Å²) in [7, 11) is 2.08. The fraction of sp³-hybridized carbons (Fsp3) is 0.391. The maximum absolute atomic E-state index is 12.7. The van der Waals surface area contributed by atoms with Crippen LogP contribution >= 0.6 is 0 Å². The number of carbonyl (C=O) groups is 2. The van der Waals surface area contributed by atoms with Crippen LogP contribution in [0.1, 0.15) is 28.8 Å². The number of fused-ring (bicyclic) bond motifs is 1. The lowest BCUT2D eigenvalue weighted by atomic mass is 10.0. The Morgan fingerprint density at radius 1 is 1.07 bits per heavy atom. The Labute approximate surface area is 176 Å². The van der Waals surface area contributed by atoms with Gasteiger partial charge in [-0.25, -0.2) is 0 Å². The second-order valence-corrected chi connectivity index (χ2v) is 8.01. The molecule has 7 nitrogen and oxygen atoms in total. The summed E-state index contributed by atoms with van der Waals surface area (Å²) >= 11 is 0. The number of benzene rings is 2. The third kappa shape index (κ3) is 4.74. The minimum Gasteiger partial charge on any atom is -0.486 e. The number of hydrogen-bond acceptors (Lipinski definition) is 5. The second-order valence-electron chi connectivity index (χ2n) is 8.01. The first kappa shape index (κ1) is 20.2. The van der Waals surface area contributed by atoms with E-state index in [-0.39, 0.29) is 11.8 Å². The predicted octanol–water partition coefficient (Wildman–Crippen LogP) is 3.30. The molecule has 2 aromatic rings. The van der Waals surface area contributed by atoms with Crippen LogP contribution in [0.3, 0.4) is 0 Å². The molecule has 2 amide bonds. The maximum Gasteiger partial charge on any atom is 0.255 e. The Bertz CT molecular complexity index is 959. The van der Waals surface area contributed by atoms with Crippen molar-refractivity contribution in [2.45, 2.75) is 19.8 Å². The van der Waals surface area contributed by atoms with Crippen molar-refractivity contribution in [2.24, 2.45) is 5.92 Å². The lowest BCUT2D eigenvalue weighted by Gasteiger charge is -2.19. The van der Waals surface area contributed by atoms with Crippen molar-refractivity contribution in [1.29, 1.82) is 0 Å². The first-order valence-electron chi connectivity index (χ1n) is 10.3. The molecule has 4 rings (SSSR count). The van der Waals surface area contributed by atoms with Gasteiger partial charge in [0.25, 0.3) is 5.91 Å². The Morgan fingerprint density at radius 2 is 1.87 bits per heavy atom. The van der Waals surface area contributed by atoms with E-state index >= 15 is 0 Å². The average molecular weight is 409 g/mol. The summed E-state index contributed by atoms with van der Waals surface area (Å²) in [6, 6.07) is 10.6. The van der Waals surface area contributed by atoms with E-state index in [9.17, 15) is 9.59 Å². The zero-order valence-electron chi connectivity index (χ0n) is 17.4. The molecule has 2 N–H and O–H groups in total. The van der Waals surface area contributed by atoms with Crippen molar-refractivity contribution >= 4 is 23.2 Å². The van der Waals surface area contributed by atoms with Gasteiger partial charge in [-0.15, -0.1) is 0 Å². The quantitative estimate of drug-likeness (QED) is 0.792. The number of likely N-dealkylation sites (tertiary alicyclic amines) is 1. The Kier molecular flexibility index (Phi) is 5.90. The number of amides is 2. The molecule has 2 heterocycles. The van der Waals surface area contributed by atoms with Gasteiger partial charge in [-0.05, 0) is 62.7 Å². The number of rotatable bonds is 5. The summed E-state index contributed by atoms with van der Waals surface area (Å²) in [6.45, 7) is 4.91. The van der Waals surface area contributed by atoms with E-state index in [2.05, 4.69) is 22.6 Å². The fourth-order valence-electron chi connectivity index (χ4n) is 3.88. The van der Waals surface area contributed by atoms with Gasteiger partial charge in [0, 0.05) is 36.0 Å². The van der Waals surface area contributed by atoms with Crippen molar-refractivity contribution in [2.75, 3.05) is 44.0 Å². The van der Waals surface area contributed by atoms with Gasteiger partial charge >= 0.3 is 0 Å². The maximum atomic E-state index is 12.7. The lowest BCUT2D eigenvalue weighted by molar-refractivity contribution is -0.117. The molecule has 30 heavy (non-hydrogen) atoms. The molecule has 1 saturated heterocycles. The lowest BCUT2D eigenvalue weighted by Crippen LogP contribution is -2.20. The van der Waals surface area contributed by atoms with E-state index in [1.165, 1.54) is 0 Å². The van der Waals surface area contributed by atoms with Gasteiger partial charge in [-0.2, -0.15) is 0 Å². The van der Waals surface area contributed by atoms with Crippen LogP contribution in [0.5, 0.6) is 11.5 Å². The van der Waals surface area contributed by atoms with Gasteiger partial charge in [0.15, 0.2) is 11.5 Å². The molecule has 1 fully saturated rings. The highest BCUT2D eigenvalue weighted by Gasteiger charge is 2.22. The van der Waals surface area contributed by atoms with E-state index < -0.39 is 0 Å². The number of carbonyl (C=O) groups excluding carboxylic acids is 2. The van der Waals surface area contributed by atoms with Gasteiger partial charge in [0.2, 0.25) is 5.91 Å². The molecular formula is C23H27N3O4. The molecule has 0 aliphatic carbocycles. The molecule has 1 atom stereocenters. The van der Waals surface area contributed by atoms with Gasteiger partial charge < -0.3 is 25.0 Å². The predicted molar refractivity (Wildman–Crippen MR) is 115 cm³/mol. The van der Waals surface area contributed by atoms with Crippen LogP contribution in [-0.4, -0.2) is 50.1 Å². The van der Waals surface area contributed by atoms with Gasteiger partial charge in [-0.1, -0.05) is 6.07 Å². The monoisotopic (exact) mass is 409 g/mol. The highest BCUT2D eigenvalue weighted by atomic mass is 16.6. The van der Waals surface area contributed by atoms with Gasteiger partial charge in [0.05, 0.1) is 0 Å². The molecule has 2 aromatic carbocycles. The van der Waals surface area contributed by atoms with Crippen LogP contribution < -0.4 is 20.1 Å². The largest absolute Gasteiger partial charge is 0.486 e. The molecule has 0 bridgehead atoms. The summed E-state index contributed by atoms with van der Waals surface area (Å²) in [5, 5.41) is 5.86. The summed E-state index contributed by atoms with van der Waals surface area (Å²) in [4.78, 5) is 27.5. The summed E-state index contributed by atoms with van der Waals surface area (Å²) in [5.74, 6) is 1.42. The second kappa shape index (κ2) is 8.75. The van der Waals surface area contributed by atoms with Crippen LogP contribution in [0.2, 0.25) is 0 Å². The molecular weight excluding hydrogens is 382 g/mol. The third-order valence-corrected chi connectivity index (χ3v) is 5.54. The van der Waals surface area contributed by atoms with E-state index in [1.54, 1.807) is 30.3 Å². The number of ether oxygens (including phenoxy) is 2. The molecule has 0 radical (unpaired) electrons. The number of nitrogens with one attached hydrogen (secondary N) is 2. The van der Waals surface area contributed by atoms with Crippen molar-refractivity contribution < 1.29 is 19.1 Å². The molecule has 1 unspecified atom stereocenters. The fourth-order valence-corrected chi connectivity index (χ4v) is 3.88. The minimum absolute atomic E-state index is 0.0113. The molecule has 0 spiro atoms. The smallest absolute Gasteiger partial charge is 0.255 e. The van der Waals surface area contributed by atoms with E-state index in [0.29, 0.717) is 54.0 Å². The number of hydrogen-bond donors (Lipinski definition) is 2. The standard InChI is InChI=1S/C23H27N3O4/c1-15-3-4-17(12-19(15)25-22(27)11-16-7-8-26(2)14-16)23(28)24-18-5-6-20-21(13-18)30-10-9-29-20/h3-6,12-13,16H,7-11,14H2,1-2H3,(H,24,28)(H,25,27). The van der Waals surface area contributed by atoms with Crippen LogP contribution in [0.25, 0.3) is 0 Å². The SMILES string of the molecule is Cc1ccc(C(=O)Nc2ccc3c(c2)OCCO3)cc1NC(=O)CC1CCN(C)C1. The van der Waals surface area contributed by atoms with Gasteiger partial charge in [0.1, 0.15) is 13.2 Å². The molecule has 7 heteroatoms. The van der Waals surface area contributed by atoms with Crippen LogP contribution in [-0.2, 0) is 4.79 Å². The van der Waals surface area contributed by atoms with Crippen LogP contribution in [0, 0.1) is 12.8 Å². The summed E-state index contributed by atoms with van der Waals surface area (Å²) in [6.07, 6.45) is 1.54. The molecule has 158 valence electrons. The normalized spacial score (nSPS) is 18.1. The van der Waals surface area contributed by atoms with Crippen molar-refractivity contribution in [3.05, 3.63) is 47.5 Å². The van der Waals surface area contributed by atoms with Gasteiger partial charge in [-0.3, -0.25) is 9.59 Å². The molecule has 2 aliphatic rings.